The Morgan fingerprint density at radius 3 is 2.33 bits per heavy atom. The summed E-state index contributed by atoms with van der Waals surface area (Å²) >= 11 is 0. The Morgan fingerprint density at radius 2 is 1.74 bits per heavy atom. The fourth-order valence-corrected chi connectivity index (χ4v) is 5.76. The van der Waals surface area contributed by atoms with Crippen LogP contribution >= 0.6 is 0 Å². The molecule has 1 aromatic heterocycles. The summed E-state index contributed by atoms with van der Waals surface area (Å²) in [4.78, 5) is 10.0. The van der Waals surface area contributed by atoms with Crippen molar-refractivity contribution in [2.75, 3.05) is 35.7 Å². The monoisotopic (exact) mass is 559 g/mol. The number of hydrogen-bond donors (Lipinski definition) is 1. The lowest BCUT2D eigenvalue weighted by Crippen LogP contribution is -2.36. The maximum absolute atomic E-state index is 13.6. The second-order valence-electron chi connectivity index (χ2n) is 9.19. The van der Waals surface area contributed by atoms with Gasteiger partial charge in [-0.1, -0.05) is 0 Å². The van der Waals surface area contributed by atoms with E-state index < -0.39 is 21.7 Å². The van der Waals surface area contributed by atoms with Gasteiger partial charge >= 0.3 is 6.18 Å². The Labute approximate surface area is 225 Å². The minimum absolute atomic E-state index is 0.00956. The van der Waals surface area contributed by atoms with Gasteiger partial charge in [0.2, 0.25) is 5.95 Å². The Morgan fingerprint density at radius 1 is 1.08 bits per heavy atom. The van der Waals surface area contributed by atoms with Crippen LogP contribution < -0.4 is 15.0 Å². The SMILES string of the molecule is CCOc1ccc(S(=O)(=O)CCC2CCN(c3nc(Nc4ccc(C#N)cc4)cc(C(F)(F)F)n3)CC2)cc1. The Balaban J connectivity index is 1.40. The number of alkyl halides is 3. The molecule has 1 fully saturated rings. The standard InChI is InChI=1S/C27H28F3N5O3S/c1-2-38-22-7-9-23(10-8-22)39(36,37)16-13-19-11-14-35(15-12-19)26-33-24(27(28,29)30)17-25(34-26)32-21-5-3-20(18-31)4-6-21/h3-10,17,19H,2,11-16H2,1H3,(H,32,33,34). The second kappa shape index (κ2) is 11.9. The van der Waals surface area contributed by atoms with Crippen molar-refractivity contribution in [1.29, 1.82) is 5.26 Å². The molecule has 39 heavy (non-hydrogen) atoms. The number of sulfone groups is 1. The average Bonchev–Trinajstić information content (AvgIpc) is 2.92. The second-order valence-corrected chi connectivity index (χ2v) is 11.3. The fourth-order valence-electron chi connectivity index (χ4n) is 4.33. The zero-order chi connectivity index (χ0) is 28.0. The molecular formula is C27H28F3N5O3S. The molecule has 0 bridgehead atoms. The molecule has 2 aromatic carbocycles. The van der Waals surface area contributed by atoms with E-state index in [9.17, 15) is 21.6 Å². The number of anilines is 3. The molecule has 1 aliphatic heterocycles. The van der Waals surface area contributed by atoms with Crippen LogP contribution in [-0.4, -0.2) is 43.8 Å². The van der Waals surface area contributed by atoms with Gasteiger partial charge in [0.25, 0.3) is 0 Å². The highest BCUT2D eigenvalue weighted by Crippen LogP contribution is 2.32. The van der Waals surface area contributed by atoms with Crippen molar-refractivity contribution in [1.82, 2.24) is 9.97 Å². The van der Waals surface area contributed by atoms with Gasteiger partial charge in [-0.3, -0.25) is 0 Å². The molecule has 0 radical (unpaired) electrons. The Bertz CT molecular complexity index is 1420. The molecule has 1 aliphatic rings. The van der Waals surface area contributed by atoms with Gasteiger partial charge in [0.15, 0.2) is 15.5 Å². The predicted octanol–water partition coefficient (Wildman–Crippen LogP) is 5.59. The summed E-state index contributed by atoms with van der Waals surface area (Å²) in [6, 6.07) is 15.5. The first kappa shape index (κ1) is 28.2. The van der Waals surface area contributed by atoms with Crippen LogP contribution in [-0.2, 0) is 16.0 Å². The molecule has 4 rings (SSSR count). The van der Waals surface area contributed by atoms with Crippen LogP contribution in [0.25, 0.3) is 0 Å². The molecule has 0 unspecified atom stereocenters. The van der Waals surface area contributed by atoms with Crippen molar-refractivity contribution in [3.63, 3.8) is 0 Å². The number of hydrogen-bond acceptors (Lipinski definition) is 8. The zero-order valence-corrected chi connectivity index (χ0v) is 22.1. The van der Waals surface area contributed by atoms with E-state index in [1.807, 2.05) is 13.0 Å². The molecule has 0 saturated carbocycles. The number of nitrogens with zero attached hydrogens (tertiary/aromatic N) is 4. The molecule has 12 heteroatoms. The van der Waals surface area contributed by atoms with E-state index in [1.54, 1.807) is 41.3 Å². The van der Waals surface area contributed by atoms with E-state index in [0.717, 1.165) is 6.07 Å². The van der Waals surface area contributed by atoms with Gasteiger partial charge in [-0.25, -0.2) is 13.4 Å². The third kappa shape index (κ3) is 7.38. The van der Waals surface area contributed by atoms with E-state index in [1.165, 1.54) is 12.1 Å². The van der Waals surface area contributed by atoms with Crippen LogP contribution in [0.2, 0.25) is 0 Å². The average molecular weight is 560 g/mol. The molecule has 0 atom stereocenters. The van der Waals surface area contributed by atoms with Crippen molar-refractivity contribution in [3.05, 3.63) is 65.9 Å². The molecule has 0 amide bonds. The van der Waals surface area contributed by atoms with Gasteiger partial charge in [-0.15, -0.1) is 0 Å². The maximum Gasteiger partial charge on any atom is 0.433 e. The summed E-state index contributed by atoms with van der Waals surface area (Å²) in [5.74, 6) is 0.656. The quantitative estimate of drug-likeness (QED) is 0.362. The molecule has 206 valence electrons. The number of halogens is 3. The van der Waals surface area contributed by atoms with Crippen molar-refractivity contribution in [2.45, 2.75) is 37.3 Å². The van der Waals surface area contributed by atoms with E-state index in [2.05, 4.69) is 15.3 Å². The molecule has 8 nitrogen and oxygen atoms in total. The van der Waals surface area contributed by atoms with Crippen LogP contribution in [0.5, 0.6) is 5.75 Å². The number of benzene rings is 2. The number of nitrogens with one attached hydrogen (secondary N) is 1. The summed E-state index contributed by atoms with van der Waals surface area (Å²) in [6.07, 6.45) is -2.99. The normalized spacial score (nSPS) is 14.6. The largest absolute Gasteiger partial charge is 0.494 e. The first-order valence-electron chi connectivity index (χ1n) is 12.5. The van der Waals surface area contributed by atoms with E-state index >= 15 is 0 Å². The molecule has 0 aliphatic carbocycles. The van der Waals surface area contributed by atoms with Crippen LogP contribution in [0, 0.1) is 17.2 Å². The smallest absolute Gasteiger partial charge is 0.433 e. The zero-order valence-electron chi connectivity index (χ0n) is 21.3. The van der Waals surface area contributed by atoms with Crippen molar-refractivity contribution in [3.8, 4) is 11.8 Å². The van der Waals surface area contributed by atoms with Crippen LogP contribution in [0.3, 0.4) is 0 Å². The maximum atomic E-state index is 13.6. The summed E-state index contributed by atoms with van der Waals surface area (Å²) in [6.45, 7) is 3.16. The number of nitriles is 1. The number of piperidine rings is 1. The lowest BCUT2D eigenvalue weighted by atomic mass is 9.94. The minimum atomic E-state index is -4.66. The van der Waals surface area contributed by atoms with Gasteiger partial charge in [-0.05, 0) is 80.6 Å². The number of ether oxygens (including phenoxy) is 1. The van der Waals surface area contributed by atoms with E-state index in [4.69, 9.17) is 10.00 Å². The number of rotatable bonds is 9. The lowest BCUT2D eigenvalue weighted by Gasteiger charge is -2.32. The van der Waals surface area contributed by atoms with Crippen LogP contribution in [0.4, 0.5) is 30.6 Å². The molecule has 1 saturated heterocycles. The first-order valence-corrected chi connectivity index (χ1v) is 14.2. The first-order chi connectivity index (χ1) is 18.6. The summed E-state index contributed by atoms with van der Waals surface area (Å²) in [7, 11) is -3.46. The molecule has 0 spiro atoms. The Kier molecular flexibility index (Phi) is 8.60. The highest BCUT2D eigenvalue weighted by Gasteiger charge is 2.35. The Hall–Kier alpha value is -3.85. The van der Waals surface area contributed by atoms with E-state index in [0.29, 0.717) is 56.0 Å². The van der Waals surface area contributed by atoms with Gasteiger partial charge in [0.1, 0.15) is 11.6 Å². The lowest BCUT2D eigenvalue weighted by molar-refractivity contribution is -0.141. The predicted molar refractivity (Wildman–Crippen MR) is 141 cm³/mol. The summed E-state index contributed by atoms with van der Waals surface area (Å²) in [5, 5.41) is 11.8. The highest BCUT2D eigenvalue weighted by molar-refractivity contribution is 7.91. The van der Waals surface area contributed by atoms with Gasteiger partial charge in [-0.2, -0.15) is 23.4 Å². The third-order valence-electron chi connectivity index (χ3n) is 6.48. The fraction of sp³-hybridized carbons (Fsp3) is 0.370. The molecular weight excluding hydrogens is 531 g/mol. The topological polar surface area (TPSA) is 108 Å². The van der Waals surface area contributed by atoms with Crippen LogP contribution in [0.15, 0.2) is 59.5 Å². The van der Waals surface area contributed by atoms with Crippen molar-refractivity contribution >= 4 is 27.3 Å². The summed E-state index contributed by atoms with van der Waals surface area (Å²) < 4.78 is 71.7. The van der Waals surface area contributed by atoms with Gasteiger partial charge < -0.3 is 15.0 Å². The number of aromatic nitrogens is 2. The van der Waals surface area contributed by atoms with Gasteiger partial charge in [0, 0.05) is 24.8 Å². The minimum Gasteiger partial charge on any atom is -0.494 e. The molecule has 1 N–H and O–H groups in total. The van der Waals surface area contributed by atoms with Crippen molar-refractivity contribution in [2.24, 2.45) is 5.92 Å². The van der Waals surface area contributed by atoms with Gasteiger partial charge in [0.05, 0.1) is 28.9 Å². The van der Waals surface area contributed by atoms with Crippen molar-refractivity contribution < 1.29 is 26.3 Å². The molecule has 2 heterocycles. The summed E-state index contributed by atoms with van der Waals surface area (Å²) in [5.41, 5.74) is -0.151. The molecule has 3 aromatic rings. The van der Waals surface area contributed by atoms with Crippen LogP contribution in [0.1, 0.15) is 37.4 Å². The highest BCUT2D eigenvalue weighted by atomic mass is 32.2. The van der Waals surface area contributed by atoms with E-state index in [-0.39, 0.29) is 28.3 Å². The third-order valence-corrected chi connectivity index (χ3v) is 8.24.